The van der Waals surface area contributed by atoms with E-state index in [4.69, 9.17) is 2.85 Å². The van der Waals surface area contributed by atoms with Gasteiger partial charge in [0.25, 0.3) is 0 Å². The fraction of sp³-hybridized carbons (Fsp3) is 0.273. The molecular formula is C22H23HfO. The molecule has 2 heteroatoms. The Balaban J connectivity index is 1.89. The molecule has 3 rings (SSSR count). The molecule has 121 valence electrons. The molecule has 0 spiro atoms. The van der Waals surface area contributed by atoms with E-state index in [2.05, 4.69) is 85.8 Å². The molecular weight excluding hydrogens is 459 g/mol. The van der Waals surface area contributed by atoms with Crippen molar-refractivity contribution in [3.8, 4) is 0 Å². The SMILES string of the molecule is CC(Cc1ccccc1)([O][Hf])C(Cc1ccccc1)C1=CC=CC1. The molecule has 0 aliphatic heterocycles. The topological polar surface area (TPSA) is 9.23 Å². The summed E-state index contributed by atoms with van der Waals surface area (Å²) >= 11 is 0.746. The van der Waals surface area contributed by atoms with Crippen molar-refractivity contribution in [2.45, 2.75) is 31.8 Å². The van der Waals surface area contributed by atoms with Crippen molar-refractivity contribution in [2.75, 3.05) is 0 Å². The van der Waals surface area contributed by atoms with Crippen LogP contribution in [-0.4, -0.2) is 5.60 Å². The molecule has 0 saturated heterocycles. The van der Waals surface area contributed by atoms with Gasteiger partial charge < -0.3 is 0 Å². The zero-order valence-electron chi connectivity index (χ0n) is 14.1. The van der Waals surface area contributed by atoms with Gasteiger partial charge in [-0.1, -0.05) is 0 Å². The summed E-state index contributed by atoms with van der Waals surface area (Å²) in [6, 6.07) is 21.5. The van der Waals surface area contributed by atoms with Gasteiger partial charge in [-0.25, -0.2) is 0 Å². The van der Waals surface area contributed by atoms with Gasteiger partial charge in [-0.15, -0.1) is 0 Å². The Labute approximate surface area is 160 Å². The van der Waals surface area contributed by atoms with Gasteiger partial charge >= 0.3 is 161 Å². The monoisotopic (exact) mass is 483 g/mol. The summed E-state index contributed by atoms with van der Waals surface area (Å²) in [5.74, 6) is 0.396. The van der Waals surface area contributed by atoms with Gasteiger partial charge in [-0.05, 0) is 0 Å². The van der Waals surface area contributed by atoms with Crippen LogP contribution in [0.3, 0.4) is 0 Å². The molecule has 0 saturated carbocycles. The fourth-order valence-electron chi connectivity index (χ4n) is 3.54. The average molecular weight is 482 g/mol. The number of hydrogen-bond acceptors (Lipinski definition) is 1. The van der Waals surface area contributed by atoms with Crippen molar-refractivity contribution in [3.05, 3.63) is 95.6 Å². The first-order chi connectivity index (χ1) is 11.7. The minimum atomic E-state index is -0.165. The number of allylic oxidation sites excluding steroid dienone is 3. The zero-order valence-corrected chi connectivity index (χ0v) is 17.7. The standard InChI is InChI=1S/C22H23O.Hf/c1-22(23,17-19-12-6-3-7-13-19)21(20-14-8-9-15-20)16-18-10-4-2-5-11-18;/h2-14,21H,15-17H2,1H3;/q-1;+1. The normalized spacial score (nSPS) is 17.2. The number of hydrogen-bond donors (Lipinski definition) is 0. The van der Waals surface area contributed by atoms with Crippen LogP contribution in [0.25, 0.3) is 0 Å². The first-order valence-corrected chi connectivity index (χ1v) is 9.96. The Morgan fingerprint density at radius 1 is 1.00 bits per heavy atom. The van der Waals surface area contributed by atoms with Gasteiger partial charge in [0.1, 0.15) is 0 Å². The molecule has 0 radical (unpaired) electrons. The third-order valence-electron chi connectivity index (χ3n) is 4.90. The van der Waals surface area contributed by atoms with Gasteiger partial charge in [0.05, 0.1) is 0 Å². The number of rotatable bonds is 7. The molecule has 0 aromatic heterocycles. The minimum absolute atomic E-state index is 0.165. The predicted octanol–water partition coefficient (Wildman–Crippen LogP) is 5.21. The van der Waals surface area contributed by atoms with E-state index >= 15 is 0 Å². The molecule has 2 atom stereocenters. The van der Waals surface area contributed by atoms with Crippen LogP contribution >= 0.6 is 0 Å². The summed E-state index contributed by atoms with van der Waals surface area (Å²) in [5.41, 5.74) is 4.06. The molecule has 0 amide bonds. The Hall–Kier alpha value is -1.25. The van der Waals surface area contributed by atoms with E-state index in [0.717, 1.165) is 44.1 Å². The molecule has 2 aromatic carbocycles. The van der Waals surface area contributed by atoms with Crippen molar-refractivity contribution in [1.82, 2.24) is 0 Å². The molecule has 24 heavy (non-hydrogen) atoms. The zero-order chi connectivity index (χ0) is 16.8. The van der Waals surface area contributed by atoms with Crippen molar-refractivity contribution in [2.24, 2.45) is 5.92 Å². The average Bonchev–Trinajstić information content (AvgIpc) is 3.15. The third kappa shape index (κ3) is 4.23. The molecule has 0 fully saturated rings. The quantitative estimate of drug-likeness (QED) is 0.493. The summed E-state index contributed by atoms with van der Waals surface area (Å²) in [5, 5.41) is 0. The fourth-order valence-corrected chi connectivity index (χ4v) is 4.31. The van der Waals surface area contributed by atoms with Crippen LogP contribution in [0.5, 0.6) is 0 Å². The van der Waals surface area contributed by atoms with E-state index in [0.29, 0.717) is 5.92 Å². The van der Waals surface area contributed by atoms with E-state index in [1.807, 2.05) is 0 Å². The van der Waals surface area contributed by atoms with Crippen LogP contribution in [0.2, 0.25) is 0 Å². The van der Waals surface area contributed by atoms with E-state index in [1.165, 1.54) is 16.7 Å². The summed E-state index contributed by atoms with van der Waals surface area (Å²) in [7, 11) is 0. The molecule has 1 aliphatic carbocycles. The van der Waals surface area contributed by atoms with Crippen molar-refractivity contribution in [3.63, 3.8) is 0 Å². The van der Waals surface area contributed by atoms with E-state index in [9.17, 15) is 0 Å². The van der Waals surface area contributed by atoms with E-state index in [-0.39, 0.29) is 5.60 Å². The first-order valence-electron chi connectivity index (χ1n) is 8.49. The Bertz CT molecular complexity index is 705. The van der Waals surface area contributed by atoms with Crippen LogP contribution in [0, 0.1) is 5.92 Å². The van der Waals surface area contributed by atoms with E-state index in [1.54, 1.807) is 0 Å². The van der Waals surface area contributed by atoms with E-state index < -0.39 is 0 Å². The van der Waals surface area contributed by atoms with Gasteiger partial charge in [0.15, 0.2) is 0 Å². The van der Waals surface area contributed by atoms with Crippen LogP contribution in [0.1, 0.15) is 24.5 Å². The van der Waals surface area contributed by atoms with Gasteiger partial charge in [0.2, 0.25) is 0 Å². The Morgan fingerprint density at radius 3 is 2.17 bits per heavy atom. The Morgan fingerprint density at radius 2 is 1.62 bits per heavy atom. The second kappa shape index (κ2) is 8.22. The second-order valence-corrected chi connectivity index (χ2v) is 7.43. The van der Waals surface area contributed by atoms with Crippen LogP contribution in [-0.2, 0) is 40.5 Å². The maximum absolute atomic E-state index is 6.26. The van der Waals surface area contributed by atoms with Gasteiger partial charge in [0, 0.05) is 0 Å². The maximum atomic E-state index is 6.26. The van der Waals surface area contributed by atoms with Crippen molar-refractivity contribution >= 4 is 0 Å². The molecule has 2 aromatic rings. The van der Waals surface area contributed by atoms with Crippen LogP contribution < -0.4 is 0 Å². The first kappa shape index (κ1) is 17.6. The molecule has 2 unspecified atom stereocenters. The molecule has 0 bridgehead atoms. The summed E-state index contributed by atoms with van der Waals surface area (Å²) in [4.78, 5) is 0. The predicted molar refractivity (Wildman–Crippen MR) is 95.1 cm³/mol. The van der Waals surface area contributed by atoms with Crippen LogP contribution in [0.15, 0.2) is 84.5 Å². The summed E-state index contributed by atoms with van der Waals surface area (Å²) in [6.45, 7) is 2.29. The third-order valence-corrected chi connectivity index (χ3v) is 6.57. The van der Waals surface area contributed by atoms with Crippen LogP contribution in [0.4, 0.5) is 0 Å². The summed E-state index contributed by atoms with van der Waals surface area (Å²) in [6.07, 6.45) is 9.75. The molecule has 1 nitrogen and oxygen atoms in total. The molecule has 0 N–H and O–H groups in total. The van der Waals surface area contributed by atoms with Crippen molar-refractivity contribution < 1.29 is 27.7 Å². The second-order valence-electron chi connectivity index (χ2n) is 6.69. The molecule has 1 aliphatic rings. The molecule has 0 heterocycles. The number of benzene rings is 2. The summed E-state index contributed by atoms with van der Waals surface area (Å²) < 4.78 is 6.26. The van der Waals surface area contributed by atoms with Gasteiger partial charge in [-0.3, -0.25) is 0 Å². The van der Waals surface area contributed by atoms with Gasteiger partial charge in [-0.2, -0.15) is 0 Å². The Kier molecular flexibility index (Phi) is 6.02. The van der Waals surface area contributed by atoms with Crippen molar-refractivity contribution in [1.29, 1.82) is 0 Å².